The molecule has 2 N–H and O–H groups in total. The van der Waals surface area contributed by atoms with Crippen LogP contribution in [0.15, 0.2) is 23.4 Å². The maximum absolute atomic E-state index is 8.43. The van der Waals surface area contributed by atoms with E-state index in [1.807, 2.05) is 6.07 Å². The molecule has 0 aliphatic heterocycles. The topological polar surface area (TPSA) is 62.7 Å². The van der Waals surface area contributed by atoms with Crippen LogP contribution >= 0.6 is 11.9 Å². The van der Waals surface area contributed by atoms with Gasteiger partial charge < -0.3 is 0 Å². The molecule has 1 rings (SSSR count). The van der Waals surface area contributed by atoms with Gasteiger partial charge in [0.2, 0.25) is 0 Å². The first kappa shape index (κ1) is 7.06. The van der Waals surface area contributed by atoms with Crippen LogP contribution in [-0.4, -0.2) is 4.98 Å². The van der Waals surface area contributed by atoms with E-state index < -0.39 is 0 Å². The third-order valence-electron chi connectivity index (χ3n) is 0.985. The standard InChI is InChI=1S/C6H5N3S/c7-4-5-1-2-9-6(3-5)10-8/h1-3H,8H2. The molecule has 0 saturated heterocycles. The van der Waals surface area contributed by atoms with Crippen molar-refractivity contribution >= 4 is 11.9 Å². The Morgan fingerprint density at radius 1 is 1.70 bits per heavy atom. The minimum atomic E-state index is 0.586. The van der Waals surface area contributed by atoms with Crippen molar-refractivity contribution in [3.8, 4) is 6.07 Å². The van der Waals surface area contributed by atoms with Crippen LogP contribution in [0, 0.1) is 11.3 Å². The molecule has 0 bridgehead atoms. The molecule has 0 aliphatic rings. The van der Waals surface area contributed by atoms with E-state index in [4.69, 9.17) is 10.4 Å². The molecule has 1 aromatic heterocycles. The van der Waals surface area contributed by atoms with Crippen LogP contribution in [0.3, 0.4) is 0 Å². The number of hydrogen-bond donors (Lipinski definition) is 1. The van der Waals surface area contributed by atoms with E-state index in [1.165, 1.54) is 0 Å². The molecule has 10 heavy (non-hydrogen) atoms. The molecule has 1 heterocycles. The summed E-state index contributed by atoms with van der Waals surface area (Å²) in [6.45, 7) is 0. The first-order chi connectivity index (χ1) is 4.86. The van der Waals surface area contributed by atoms with Gasteiger partial charge in [-0.05, 0) is 24.1 Å². The first-order valence-corrected chi connectivity index (χ1v) is 3.47. The van der Waals surface area contributed by atoms with Crippen molar-refractivity contribution in [2.75, 3.05) is 0 Å². The number of pyridine rings is 1. The van der Waals surface area contributed by atoms with Crippen molar-refractivity contribution in [2.24, 2.45) is 5.14 Å². The highest BCUT2D eigenvalue weighted by atomic mass is 32.2. The lowest BCUT2D eigenvalue weighted by molar-refractivity contribution is 1.13. The average molecular weight is 151 g/mol. The molecular weight excluding hydrogens is 146 g/mol. The zero-order chi connectivity index (χ0) is 7.40. The van der Waals surface area contributed by atoms with Crippen LogP contribution < -0.4 is 5.14 Å². The summed E-state index contributed by atoms with van der Waals surface area (Å²) < 4.78 is 0. The van der Waals surface area contributed by atoms with Gasteiger partial charge in [0.25, 0.3) is 0 Å². The van der Waals surface area contributed by atoms with Gasteiger partial charge >= 0.3 is 0 Å². The molecule has 0 radical (unpaired) electrons. The summed E-state index contributed by atoms with van der Waals surface area (Å²) in [5.74, 6) is 0. The Balaban J connectivity index is 3.01. The molecule has 50 valence electrons. The van der Waals surface area contributed by atoms with E-state index >= 15 is 0 Å². The highest BCUT2D eigenvalue weighted by Crippen LogP contribution is 2.08. The number of hydrogen-bond acceptors (Lipinski definition) is 4. The van der Waals surface area contributed by atoms with Crippen molar-refractivity contribution in [3.05, 3.63) is 23.9 Å². The van der Waals surface area contributed by atoms with Crippen LogP contribution in [0.4, 0.5) is 0 Å². The molecule has 1 aromatic rings. The van der Waals surface area contributed by atoms with Crippen LogP contribution in [0.1, 0.15) is 5.56 Å². The highest BCUT2D eigenvalue weighted by Gasteiger charge is 1.92. The van der Waals surface area contributed by atoms with E-state index in [0.29, 0.717) is 10.6 Å². The van der Waals surface area contributed by atoms with Gasteiger partial charge in [-0.15, -0.1) is 0 Å². The first-order valence-electron chi connectivity index (χ1n) is 2.59. The quantitative estimate of drug-likeness (QED) is 0.606. The molecule has 4 heteroatoms. The van der Waals surface area contributed by atoms with Crippen LogP contribution in [0.5, 0.6) is 0 Å². The van der Waals surface area contributed by atoms with Gasteiger partial charge in [0.15, 0.2) is 0 Å². The molecular formula is C6H5N3S. The molecule has 3 nitrogen and oxygen atoms in total. The lowest BCUT2D eigenvalue weighted by Gasteiger charge is -1.91. The fourth-order valence-corrected chi connectivity index (χ4v) is 0.860. The molecule has 0 aliphatic carbocycles. The van der Waals surface area contributed by atoms with E-state index in [1.54, 1.807) is 18.3 Å². The van der Waals surface area contributed by atoms with Crippen molar-refractivity contribution in [1.82, 2.24) is 4.98 Å². The fraction of sp³-hybridized carbons (Fsp3) is 0. The zero-order valence-corrected chi connectivity index (χ0v) is 5.93. The maximum Gasteiger partial charge on any atom is 0.112 e. The van der Waals surface area contributed by atoms with Crippen LogP contribution in [0.2, 0.25) is 0 Å². The zero-order valence-electron chi connectivity index (χ0n) is 5.11. The predicted octanol–water partition coefficient (Wildman–Crippen LogP) is 0.919. The summed E-state index contributed by atoms with van der Waals surface area (Å²) >= 11 is 1.04. The summed E-state index contributed by atoms with van der Waals surface area (Å²) in [5.41, 5.74) is 0.586. The Morgan fingerprint density at radius 3 is 3.10 bits per heavy atom. The maximum atomic E-state index is 8.43. The third kappa shape index (κ3) is 1.47. The molecule has 0 atom stereocenters. The van der Waals surface area contributed by atoms with Gasteiger partial charge in [-0.25, -0.2) is 4.98 Å². The number of nitriles is 1. The fourth-order valence-electron chi connectivity index (χ4n) is 0.543. The van der Waals surface area contributed by atoms with E-state index in [9.17, 15) is 0 Å². The molecule has 0 amide bonds. The molecule has 0 spiro atoms. The monoisotopic (exact) mass is 151 g/mol. The Hall–Kier alpha value is -1.05. The Labute approximate surface area is 63.0 Å². The summed E-state index contributed by atoms with van der Waals surface area (Å²) in [5, 5.41) is 14.3. The van der Waals surface area contributed by atoms with Gasteiger partial charge in [-0.3, -0.25) is 5.14 Å². The average Bonchev–Trinajstić information content (AvgIpc) is 2.05. The van der Waals surface area contributed by atoms with Gasteiger partial charge in [0, 0.05) is 6.20 Å². The SMILES string of the molecule is N#Cc1ccnc(SN)c1. The number of rotatable bonds is 1. The second kappa shape index (κ2) is 3.20. The van der Waals surface area contributed by atoms with Gasteiger partial charge in [-0.1, -0.05) is 0 Å². The van der Waals surface area contributed by atoms with Crippen LogP contribution in [-0.2, 0) is 0 Å². The normalized spacial score (nSPS) is 8.80. The van der Waals surface area contributed by atoms with Gasteiger partial charge in [0.1, 0.15) is 5.03 Å². The highest BCUT2D eigenvalue weighted by molar-refractivity contribution is 7.97. The lowest BCUT2D eigenvalue weighted by Crippen LogP contribution is -1.84. The number of nitrogens with two attached hydrogens (primary N) is 1. The largest absolute Gasteiger partial charge is 0.272 e. The van der Waals surface area contributed by atoms with Crippen molar-refractivity contribution in [3.63, 3.8) is 0 Å². The second-order valence-electron chi connectivity index (χ2n) is 1.61. The Kier molecular flexibility index (Phi) is 2.26. The molecule has 0 unspecified atom stereocenters. The van der Waals surface area contributed by atoms with Crippen LogP contribution in [0.25, 0.3) is 0 Å². The second-order valence-corrected chi connectivity index (χ2v) is 2.27. The number of nitrogens with zero attached hydrogens (tertiary/aromatic N) is 2. The minimum absolute atomic E-state index is 0.586. The Morgan fingerprint density at radius 2 is 2.50 bits per heavy atom. The Bertz CT molecular complexity index is 266. The lowest BCUT2D eigenvalue weighted by atomic mass is 10.3. The smallest absolute Gasteiger partial charge is 0.112 e. The third-order valence-corrected chi connectivity index (χ3v) is 1.45. The van der Waals surface area contributed by atoms with Crippen molar-refractivity contribution in [2.45, 2.75) is 5.03 Å². The summed E-state index contributed by atoms with van der Waals surface area (Å²) in [6.07, 6.45) is 1.56. The minimum Gasteiger partial charge on any atom is -0.272 e. The molecule has 0 aromatic carbocycles. The predicted molar refractivity (Wildman–Crippen MR) is 39.0 cm³/mol. The van der Waals surface area contributed by atoms with E-state index in [-0.39, 0.29) is 0 Å². The van der Waals surface area contributed by atoms with Gasteiger partial charge in [0.05, 0.1) is 11.6 Å². The van der Waals surface area contributed by atoms with Crippen molar-refractivity contribution in [1.29, 1.82) is 5.26 Å². The summed E-state index contributed by atoms with van der Waals surface area (Å²) in [4.78, 5) is 3.89. The summed E-state index contributed by atoms with van der Waals surface area (Å²) in [7, 11) is 0. The van der Waals surface area contributed by atoms with E-state index in [2.05, 4.69) is 4.98 Å². The van der Waals surface area contributed by atoms with Gasteiger partial charge in [-0.2, -0.15) is 5.26 Å². The van der Waals surface area contributed by atoms with E-state index in [0.717, 1.165) is 11.9 Å². The summed E-state index contributed by atoms with van der Waals surface area (Å²) in [6, 6.07) is 5.27. The van der Waals surface area contributed by atoms with Crippen molar-refractivity contribution < 1.29 is 0 Å². The molecule has 0 saturated carbocycles. The molecule has 0 fully saturated rings. The number of aromatic nitrogens is 1.